The number of hydrogen-bond donors (Lipinski definition) is 2. The van der Waals surface area contributed by atoms with Gasteiger partial charge >= 0.3 is 0 Å². The van der Waals surface area contributed by atoms with Gasteiger partial charge in [0.25, 0.3) is 0 Å². The molecule has 1 aliphatic rings. The van der Waals surface area contributed by atoms with E-state index in [1.54, 1.807) is 6.07 Å². The van der Waals surface area contributed by atoms with E-state index in [4.69, 9.17) is 5.26 Å². The van der Waals surface area contributed by atoms with Crippen LogP contribution in [0.2, 0.25) is 0 Å². The van der Waals surface area contributed by atoms with Crippen molar-refractivity contribution < 1.29 is 13.9 Å². The fourth-order valence-electron chi connectivity index (χ4n) is 2.57. The normalized spacial score (nSPS) is 17.2. The maximum atomic E-state index is 13.7. The Hall–Kier alpha value is -1.67. The Morgan fingerprint density at radius 3 is 2.53 bits per heavy atom. The van der Waals surface area contributed by atoms with Gasteiger partial charge in [0.1, 0.15) is 6.07 Å². The molecule has 3 nitrogen and oxygen atoms in total. The lowest BCUT2D eigenvalue weighted by molar-refractivity contribution is 0.142. The number of nitriles is 1. The maximum absolute atomic E-state index is 13.7. The van der Waals surface area contributed by atoms with Crippen LogP contribution in [0.1, 0.15) is 31.2 Å². The van der Waals surface area contributed by atoms with Gasteiger partial charge < -0.3 is 10.4 Å². The number of aliphatic hydroxyl groups excluding tert-OH is 1. The molecule has 1 aromatic carbocycles. The Kier molecular flexibility index (Phi) is 4.01. The molecule has 0 amide bonds. The van der Waals surface area contributed by atoms with Gasteiger partial charge in [-0.05, 0) is 25.0 Å². The largest absolute Gasteiger partial charge is 0.396 e. The lowest BCUT2D eigenvalue weighted by atomic mass is 9.87. The van der Waals surface area contributed by atoms with Gasteiger partial charge in [-0.25, -0.2) is 8.78 Å². The first-order valence-corrected chi connectivity index (χ1v) is 6.35. The van der Waals surface area contributed by atoms with Crippen molar-refractivity contribution in [3.63, 3.8) is 0 Å². The highest BCUT2D eigenvalue weighted by Gasteiger charge is 2.33. The molecule has 1 aromatic rings. The number of hydrogen-bond acceptors (Lipinski definition) is 3. The number of nitrogens with zero attached hydrogens (tertiary/aromatic N) is 1. The minimum Gasteiger partial charge on any atom is -0.396 e. The summed E-state index contributed by atoms with van der Waals surface area (Å²) in [6, 6.07) is 4.21. The summed E-state index contributed by atoms with van der Waals surface area (Å²) in [6.45, 7) is 0.451. The molecule has 1 fully saturated rings. The number of anilines is 1. The third-order valence-electron chi connectivity index (χ3n) is 3.86. The van der Waals surface area contributed by atoms with Gasteiger partial charge in [-0.1, -0.05) is 12.8 Å². The predicted molar refractivity (Wildman–Crippen MR) is 67.5 cm³/mol. The van der Waals surface area contributed by atoms with Gasteiger partial charge in [-0.2, -0.15) is 5.26 Å². The van der Waals surface area contributed by atoms with E-state index in [1.165, 1.54) is 12.1 Å². The predicted octanol–water partition coefficient (Wildman–Crippen LogP) is 2.80. The van der Waals surface area contributed by atoms with Gasteiger partial charge in [0.15, 0.2) is 11.6 Å². The van der Waals surface area contributed by atoms with Gasteiger partial charge in [-0.3, -0.25) is 0 Å². The summed E-state index contributed by atoms with van der Waals surface area (Å²) in [7, 11) is 0. The molecule has 0 atom stereocenters. The van der Waals surface area contributed by atoms with Crippen molar-refractivity contribution in [3.8, 4) is 6.07 Å². The summed E-state index contributed by atoms with van der Waals surface area (Å²) < 4.78 is 27.2. The van der Waals surface area contributed by atoms with Crippen LogP contribution in [0.5, 0.6) is 0 Å². The van der Waals surface area contributed by atoms with Gasteiger partial charge in [0.2, 0.25) is 0 Å². The minimum atomic E-state index is -1.13. The highest BCUT2D eigenvalue weighted by Crippen LogP contribution is 2.38. The lowest BCUT2D eigenvalue weighted by Crippen LogP contribution is -2.30. The average Bonchev–Trinajstić information content (AvgIpc) is 2.90. The molecule has 0 bridgehead atoms. The van der Waals surface area contributed by atoms with Crippen LogP contribution < -0.4 is 5.32 Å². The molecule has 2 N–H and O–H groups in total. The van der Waals surface area contributed by atoms with Crippen molar-refractivity contribution in [2.24, 2.45) is 5.41 Å². The zero-order chi connectivity index (χ0) is 13.9. The van der Waals surface area contributed by atoms with E-state index >= 15 is 0 Å². The molecule has 0 saturated heterocycles. The number of halogens is 2. The molecule has 2 rings (SSSR count). The van der Waals surface area contributed by atoms with Gasteiger partial charge in [-0.15, -0.1) is 0 Å². The summed E-state index contributed by atoms with van der Waals surface area (Å²) in [6.07, 6.45) is 3.87. The van der Waals surface area contributed by atoms with Crippen molar-refractivity contribution >= 4 is 5.69 Å². The summed E-state index contributed by atoms with van der Waals surface area (Å²) in [5, 5.41) is 20.9. The molecule has 1 aliphatic carbocycles. The van der Waals surface area contributed by atoms with Crippen LogP contribution in [0.4, 0.5) is 14.5 Å². The Morgan fingerprint density at radius 1 is 1.26 bits per heavy atom. The van der Waals surface area contributed by atoms with Crippen LogP contribution in [-0.2, 0) is 0 Å². The van der Waals surface area contributed by atoms with Crippen molar-refractivity contribution in [2.75, 3.05) is 18.5 Å². The van der Waals surface area contributed by atoms with Crippen LogP contribution in [0.15, 0.2) is 12.1 Å². The number of aliphatic hydroxyl groups is 1. The van der Waals surface area contributed by atoms with Crippen LogP contribution in [0, 0.1) is 28.4 Å². The van der Waals surface area contributed by atoms with Crippen molar-refractivity contribution in [2.45, 2.75) is 25.7 Å². The van der Waals surface area contributed by atoms with Crippen molar-refractivity contribution in [1.82, 2.24) is 0 Å². The second-order valence-electron chi connectivity index (χ2n) is 5.12. The summed E-state index contributed by atoms with van der Waals surface area (Å²) in [5.74, 6) is -2.16. The molecule has 1 saturated carbocycles. The monoisotopic (exact) mass is 266 g/mol. The second kappa shape index (κ2) is 5.54. The number of rotatable bonds is 4. The van der Waals surface area contributed by atoms with Crippen LogP contribution >= 0.6 is 0 Å². The topological polar surface area (TPSA) is 56.0 Å². The summed E-state index contributed by atoms with van der Waals surface area (Å²) >= 11 is 0. The molecular weight excluding hydrogens is 250 g/mol. The van der Waals surface area contributed by atoms with E-state index in [0.717, 1.165) is 25.7 Å². The molecule has 0 unspecified atom stereocenters. The molecule has 19 heavy (non-hydrogen) atoms. The molecule has 0 aliphatic heterocycles. The quantitative estimate of drug-likeness (QED) is 0.881. The van der Waals surface area contributed by atoms with E-state index < -0.39 is 11.6 Å². The summed E-state index contributed by atoms with van der Waals surface area (Å²) in [5.41, 5.74) is -0.506. The molecule has 0 aromatic heterocycles. The van der Waals surface area contributed by atoms with Crippen LogP contribution in [-0.4, -0.2) is 18.3 Å². The second-order valence-corrected chi connectivity index (χ2v) is 5.12. The third kappa shape index (κ3) is 2.69. The third-order valence-corrected chi connectivity index (χ3v) is 3.86. The highest BCUT2D eigenvalue weighted by atomic mass is 19.2. The fourth-order valence-corrected chi connectivity index (χ4v) is 2.57. The first kappa shape index (κ1) is 13.8. The van der Waals surface area contributed by atoms with Crippen molar-refractivity contribution in [3.05, 3.63) is 29.3 Å². The zero-order valence-corrected chi connectivity index (χ0v) is 10.5. The van der Waals surface area contributed by atoms with E-state index in [9.17, 15) is 13.9 Å². The zero-order valence-electron chi connectivity index (χ0n) is 10.5. The first-order valence-electron chi connectivity index (χ1n) is 6.35. The molecule has 0 heterocycles. The first-order chi connectivity index (χ1) is 9.12. The van der Waals surface area contributed by atoms with Crippen molar-refractivity contribution in [1.29, 1.82) is 5.26 Å². The highest BCUT2D eigenvalue weighted by molar-refractivity contribution is 5.49. The van der Waals surface area contributed by atoms with Crippen LogP contribution in [0.3, 0.4) is 0 Å². The Balaban J connectivity index is 2.12. The standard InChI is InChI=1S/C14H16F2N2O/c15-12-10(7-17)3-4-11(13(12)16)18-8-14(9-19)5-1-2-6-14/h3-4,18-19H,1-2,5-6,8-9H2. The van der Waals surface area contributed by atoms with Crippen LogP contribution in [0.25, 0.3) is 0 Å². The molecule has 102 valence electrons. The Morgan fingerprint density at radius 2 is 1.95 bits per heavy atom. The number of benzene rings is 1. The van der Waals surface area contributed by atoms with E-state index in [-0.39, 0.29) is 23.3 Å². The molecular formula is C14H16F2N2O. The Bertz CT molecular complexity index is 505. The number of nitrogens with one attached hydrogen (secondary N) is 1. The summed E-state index contributed by atoms with van der Waals surface area (Å²) in [4.78, 5) is 0. The Labute approximate surface area is 110 Å². The average molecular weight is 266 g/mol. The molecule has 0 spiro atoms. The van der Waals surface area contributed by atoms with Gasteiger partial charge in [0.05, 0.1) is 17.9 Å². The smallest absolute Gasteiger partial charge is 0.183 e. The van der Waals surface area contributed by atoms with E-state index in [0.29, 0.717) is 6.54 Å². The minimum absolute atomic E-state index is 0.0382. The van der Waals surface area contributed by atoms with Gasteiger partial charge in [0, 0.05) is 12.0 Å². The van der Waals surface area contributed by atoms with E-state index in [1.807, 2.05) is 0 Å². The fraction of sp³-hybridized carbons (Fsp3) is 0.500. The molecule has 0 radical (unpaired) electrons. The SMILES string of the molecule is N#Cc1ccc(NCC2(CO)CCCC2)c(F)c1F. The molecule has 5 heteroatoms. The maximum Gasteiger partial charge on any atom is 0.183 e. The van der Waals surface area contributed by atoms with E-state index in [2.05, 4.69) is 5.32 Å². The lowest BCUT2D eigenvalue weighted by Gasteiger charge is -2.27.